The van der Waals surface area contributed by atoms with Crippen LogP contribution in [0.4, 0.5) is 0 Å². The fraction of sp³-hybridized carbons (Fsp3) is 0.333. The zero-order valence-corrected chi connectivity index (χ0v) is 17.9. The SMILES string of the molecule is CCOc1cc2c(cc1OCC)-n1cccc1[C@@H](c1ccc(OC)c(OC)c1)NC2. The Bertz CT molecular complexity index is 1030. The van der Waals surface area contributed by atoms with Gasteiger partial charge in [-0.1, -0.05) is 6.07 Å². The van der Waals surface area contributed by atoms with Crippen LogP contribution in [0.1, 0.15) is 36.7 Å². The van der Waals surface area contributed by atoms with Crippen LogP contribution in [-0.4, -0.2) is 32.0 Å². The first-order valence-corrected chi connectivity index (χ1v) is 10.3. The van der Waals surface area contributed by atoms with E-state index in [2.05, 4.69) is 46.4 Å². The molecule has 0 saturated heterocycles. The number of benzene rings is 2. The lowest BCUT2D eigenvalue weighted by atomic mass is 10.0. The van der Waals surface area contributed by atoms with Crippen LogP contribution in [0, 0.1) is 0 Å². The fourth-order valence-corrected chi connectivity index (χ4v) is 3.98. The van der Waals surface area contributed by atoms with Crippen molar-refractivity contribution in [3.05, 3.63) is 65.5 Å². The molecule has 0 bridgehead atoms. The molecule has 0 radical (unpaired) electrons. The molecule has 1 aliphatic heterocycles. The Labute approximate surface area is 177 Å². The van der Waals surface area contributed by atoms with Gasteiger partial charge in [0.2, 0.25) is 0 Å². The second-order valence-electron chi connectivity index (χ2n) is 7.03. The molecule has 1 aliphatic rings. The van der Waals surface area contributed by atoms with Crippen molar-refractivity contribution in [2.75, 3.05) is 27.4 Å². The first kappa shape index (κ1) is 20.2. The normalized spacial score (nSPS) is 15.0. The molecule has 0 saturated carbocycles. The van der Waals surface area contributed by atoms with Crippen molar-refractivity contribution >= 4 is 0 Å². The van der Waals surface area contributed by atoms with E-state index < -0.39 is 0 Å². The molecule has 2 aromatic carbocycles. The van der Waals surface area contributed by atoms with E-state index in [9.17, 15) is 0 Å². The van der Waals surface area contributed by atoms with Gasteiger partial charge in [0.15, 0.2) is 23.0 Å². The first-order valence-electron chi connectivity index (χ1n) is 10.3. The number of methoxy groups -OCH3 is 2. The number of nitrogens with zero attached hydrogens (tertiary/aromatic N) is 1. The molecule has 4 rings (SSSR count). The molecule has 30 heavy (non-hydrogen) atoms. The van der Waals surface area contributed by atoms with Crippen molar-refractivity contribution in [1.82, 2.24) is 9.88 Å². The average molecular weight is 408 g/mol. The number of ether oxygens (including phenoxy) is 4. The molecule has 1 aromatic heterocycles. The molecule has 3 aromatic rings. The van der Waals surface area contributed by atoms with Gasteiger partial charge in [0.05, 0.1) is 39.2 Å². The maximum absolute atomic E-state index is 5.87. The monoisotopic (exact) mass is 408 g/mol. The maximum atomic E-state index is 5.87. The summed E-state index contributed by atoms with van der Waals surface area (Å²) in [6, 6.07) is 14.4. The molecule has 158 valence electrons. The van der Waals surface area contributed by atoms with Crippen molar-refractivity contribution in [3.63, 3.8) is 0 Å². The summed E-state index contributed by atoms with van der Waals surface area (Å²) in [7, 11) is 3.31. The summed E-state index contributed by atoms with van der Waals surface area (Å²) in [4.78, 5) is 0. The van der Waals surface area contributed by atoms with Gasteiger partial charge in [-0.2, -0.15) is 0 Å². The lowest BCUT2D eigenvalue weighted by Gasteiger charge is -2.19. The third-order valence-corrected chi connectivity index (χ3v) is 5.32. The standard InChI is InChI=1S/C24H28N2O4/c1-5-29-22-13-17-15-25-24(16-9-10-20(27-3)21(12-16)28-4)18-8-7-11-26(18)19(17)14-23(22)30-6-2/h7-14,24-25H,5-6,15H2,1-4H3/t24-/m1/s1. The van der Waals surface area contributed by atoms with Crippen molar-refractivity contribution in [2.24, 2.45) is 0 Å². The largest absolute Gasteiger partial charge is 0.493 e. The average Bonchev–Trinajstić information content (AvgIpc) is 3.19. The van der Waals surface area contributed by atoms with E-state index in [-0.39, 0.29) is 6.04 Å². The highest BCUT2D eigenvalue weighted by Gasteiger charge is 2.25. The van der Waals surface area contributed by atoms with E-state index in [0.29, 0.717) is 25.5 Å². The summed E-state index contributed by atoms with van der Waals surface area (Å²) in [5.41, 5.74) is 4.50. The van der Waals surface area contributed by atoms with Gasteiger partial charge in [-0.15, -0.1) is 0 Å². The Morgan fingerprint density at radius 3 is 2.33 bits per heavy atom. The highest BCUT2D eigenvalue weighted by molar-refractivity contribution is 5.57. The van der Waals surface area contributed by atoms with Crippen LogP contribution in [0.5, 0.6) is 23.0 Å². The van der Waals surface area contributed by atoms with Crippen molar-refractivity contribution < 1.29 is 18.9 Å². The van der Waals surface area contributed by atoms with Gasteiger partial charge in [0.1, 0.15) is 0 Å². The minimum atomic E-state index is -0.00158. The van der Waals surface area contributed by atoms with Crippen LogP contribution in [0.2, 0.25) is 0 Å². The van der Waals surface area contributed by atoms with Crippen molar-refractivity contribution in [3.8, 4) is 28.7 Å². The van der Waals surface area contributed by atoms with Gasteiger partial charge < -0.3 is 28.8 Å². The Hall–Kier alpha value is -3.12. The van der Waals surface area contributed by atoms with Crippen molar-refractivity contribution in [2.45, 2.75) is 26.4 Å². The van der Waals surface area contributed by atoms with Gasteiger partial charge in [-0.3, -0.25) is 0 Å². The van der Waals surface area contributed by atoms with E-state index in [1.165, 1.54) is 0 Å². The van der Waals surface area contributed by atoms with Gasteiger partial charge in [0.25, 0.3) is 0 Å². The molecule has 0 aliphatic carbocycles. The third kappa shape index (κ3) is 3.59. The molecule has 0 amide bonds. The summed E-state index contributed by atoms with van der Waals surface area (Å²) in [5, 5.41) is 3.69. The Morgan fingerprint density at radius 1 is 0.900 bits per heavy atom. The van der Waals surface area contributed by atoms with E-state index in [4.69, 9.17) is 18.9 Å². The van der Waals surface area contributed by atoms with E-state index in [1.54, 1.807) is 14.2 Å². The van der Waals surface area contributed by atoms with Crippen LogP contribution in [0.15, 0.2) is 48.7 Å². The third-order valence-electron chi connectivity index (χ3n) is 5.32. The number of rotatable bonds is 7. The van der Waals surface area contributed by atoms with Gasteiger partial charge in [-0.25, -0.2) is 0 Å². The Morgan fingerprint density at radius 2 is 1.63 bits per heavy atom. The molecule has 1 atom stereocenters. The zero-order chi connectivity index (χ0) is 21.1. The van der Waals surface area contributed by atoms with Crippen LogP contribution in [-0.2, 0) is 6.54 Å². The van der Waals surface area contributed by atoms with Crippen LogP contribution >= 0.6 is 0 Å². The highest BCUT2D eigenvalue weighted by Crippen LogP contribution is 2.38. The van der Waals surface area contributed by atoms with Gasteiger partial charge in [-0.05, 0) is 55.3 Å². The molecule has 1 N–H and O–H groups in total. The topological polar surface area (TPSA) is 53.9 Å². The molecule has 0 unspecified atom stereocenters. The summed E-state index contributed by atoms with van der Waals surface area (Å²) in [6.07, 6.45) is 2.09. The molecule has 0 fully saturated rings. The number of hydrogen-bond donors (Lipinski definition) is 1. The lowest BCUT2D eigenvalue weighted by molar-refractivity contribution is 0.287. The first-order chi connectivity index (χ1) is 14.7. The van der Waals surface area contributed by atoms with Crippen LogP contribution in [0.3, 0.4) is 0 Å². The smallest absolute Gasteiger partial charge is 0.163 e. The van der Waals surface area contributed by atoms with Gasteiger partial charge in [0, 0.05) is 24.5 Å². The minimum absolute atomic E-state index is 0.00158. The van der Waals surface area contributed by atoms with E-state index in [0.717, 1.165) is 39.8 Å². The summed E-state index contributed by atoms with van der Waals surface area (Å²) in [5.74, 6) is 2.98. The Balaban J connectivity index is 1.79. The van der Waals surface area contributed by atoms with Gasteiger partial charge >= 0.3 is 0 Å². The number of hydrogen-bond acceptors (Lipinski definition) is 5. The Kier molecular flexibility index (Phi) is 5.86. The second kappa shape index (κ2) is 8.71. The zero-order valence-electron chi connectivity index (χ0n) is 17.9. The van der Waals surface area contributed by atoms with Crippen molar-refractivity contribution in [1.29, 1.82) is 0 Å². The second-order valence-corrected chi connectivity index (χ2v) is 7.03. The van der Waals surface area contributed by atoms with Crippen LogP contribution in [0.25, 0.3) is 5.69 Å². The quantitative estimate of drug-likeness (QED) is 0.625. The summed E-state index contributed by atoms with van der Waals surface area (Å²) in [6.45, 7) is 5.84. The predicted molar refractivity (Wildman–Crippen MR) is 116 cm³/mol. The number of nitrogens with one attached hydrogen (secondary N) is 1. The molecule has 0 spiro atoms. The highest BCUT2D eigenvalue weighted by atomic mass is 16.5. The number of aromatic nitrogens is 1. The molecular weight excluding hydrogens is 380 g/mol. The lowest BCUT2D eigenvalue weighted by Crippen LogP contribution is -2.21. The number of fused-ring (bicyclic) bond motifs is 3. The summed E-state index contributed by atoms with van der Waals surface area (Å²) < 4.78 is 24.8. The van der Waals surface area contributed by atoms with E-state index in [1.807, 2.05) is 26.0 Å². The maximum Gasteiger partial charge on any atom is 0.163 e. The fourth-order valence-electron chi connectivity index (χ4n) is 3.98. The molecule has 6 heteroatoms. The minimum Gasteiger partial charge on any atom is -0.493 e. The van der Waals surface area contributed by atoms with E-state index >= 15 is 0 Å². The molecule has 2 heterocycles. The summed E-state index contributed by atoms with van der Waals surface area (Å²) >= 11 is 0. The molecular formula is C24H28N2O4. The predicted octanol–water partition coefficient (Wildman–Crippen LogP) is 4.48. The molecule has 6 nitrogen and oxygen atoms in total. The van der Waals surface area contributed by atoms with Crippen LogP contribution < -0.4 is 24.3 Å².